The summed E-state index contributed by atoms with van der Waals surface area (Å²) in [4.78, 5) is 52.8. The van der Waals surface area contributed by atoms with E-state index >= 15 is 0 Å². The minimum absolute atomic E-state index is 0.0639. The molecule has 36 heavy (non-hydrogen) atoms. The number of benzene rings is 3. The third kappa shape index (κ3) is 3.68. The maximum absolute atomic E-state index is 12.6. The molecule has 10 nitrogen and oxygen atoms in total. The number of esters is 2. The van der Waals surface area contributed by atoms with Crippen molar-refractivity contribution in [3.05, 3.63) is 82.9 Å². The van der Waals surface area contributed by atoms with Crippen LogP contribution in [0.25, 0.3) is 0 Å². The summed E-state index contributed by atoms with van der Waals surface area (Å²) in [5.74, 6) is -2.43. The number of phenolic OH excluding ortho intramolecular Hbond substituents is 2. The van der Waals surface area contributed by atoms with Crippen molar-refractivity contribution in [2.45, 2.75) is 26.3 Å². The summed E-state index contributed by atoms with van der Waals surface area (Å²) < 4.78 is 11.1. The van der Waals surface area contributed by atoms with Crippen molar-refractivity contribution < 1.29 is 38.9 Å². The third-order valence-electron chi connectivity index (χ3n) is 6.01. The number of hydrogen-bond acceptors (Lipinski definition) is 8. The molecule has 0 saturated carbocycles. The molecule has 2 aliphatic rings. The molecule has 3 aromatic carbocycles. The summed E-state index contributed by atoms with van der Waals surface area (Å²) in [6, 6.07) is 14.6. The van der Waals surface area contributed by atoms with E-state index in [2.05, 4.69) is 0 Å². The van der Waals surface area contributed by atoms with E-state index in [0.29, 0.717) is 22.5 Å². The molecule has 2 unspecified atom stereocenters. The molecule has 3 aromatic rings. The van der Waals surface area contributed by atoms with Gasteiger partial charge in [-0.05, 0) is 36.4 Å². The van der Waals surface area contributed by atoms with E-state index in [4.69, 9.17) is 9.47 Å². The van der Waals surface area contributed by atoms with Crippen molar-refractivity contribution >= 4 is 35.1 Å². The Bertz CT molecular complexity index is 1320. The third-order valence-corrected chi connectivity index (χ3v) is 6.01. The van der Waals surface area contributed by atoms with Crippen LogP contribution in [0.3, 0.4) is 0 Å². The fraction of sp³-hybridized carbons (Fsp3) is 0.154. The van der Waals surface area contributed by atoms with Gasteiger partial charge in [0.15, 0.2) is 0 Å². The molecule has 0 fully saturated rings. The van der Waals surface area contributed by atoms with Gasteiger partial charge in [0.1, 0.15) is 11.5 Å². The topological polar surface area (TPSA) is 134 Å². The highest BCUT2D eigenvalue weighted by Crippen LogP contribution is 2.41. The molecule has 0 saturated heterocycles. The number of nitrogens with zero attached hydrogens (tertiary/aromatic N) is 2. The summed E-state index contributed by atoms with van der Waals surface area (Å²) in [6.45, 7) is 2.66. The normalized spacial score (nSPS) is 18.6. The van der Waals surface area contributed by atoms with Crippen molar-refractivity contribution in [1.82, 2.24) is 0 Å². The molecule has 0 radical (unpaired) electrons. The second kappa shape index (κ2) is 8.42. The maximum Gasteiger partial charge on any atom is 0.342 e. The van der Waals surface area contributed by atoms with E-state index in [1.807, 2.05) is 0 Å². The lowest BCUT2D eigenvalue weighted by atomic mass is 10.0. The van der Waals surface area contributed by atoms with Crippen LogP contribution in [0.1, 0.15) is 58.1 Å². The lowest BCUT2D eigenvalue weighted by molar-refractivity contribution is -0.119. The van der Waals surface area contributed by atoms with Gasteiger partial charge in [-0.25, -0.2) is 9.59 Å². The van der Waals surface area contributed by atoms with Crippen LogP contribution in [-0.4, -0.2) is 34.0 Å². The zero-order valence-corrected chi connectivity index (χ0v) is 19.2. The average molecular weight is 488 g/mol. The van der Waals surface area contributed by atoms with Gasteiger partial charge in [0.25, 0.3) is 0 Å². The predicted molar refractivity (Wildman–Crippen MR) is 125 cm³/mol. The minimum Gasteiger partial charge on any atom is -0.508 e. The van der Waals surface area contributed by atoms with Gasteiger partial charge in [0, 0.05) is 25.0 Å². The molecule has 2 atom stereocenters. The number of carbonyl (C=O) groups excluding carboxylic acids is 4. The summed E-state index contributed by atoms with van der Waals surface area (Å²) in [5, 5.41) is 19.5. The first-order chi connectivity index (χ1) is 17.2. The van der Waals surface area contributed by atoms with E-state index in [0.717, 1.165) is 0 Å². The Kier molecular flexibility index (Phi) is 5.36. The Morgan fingerprint density at radius 2 is 1.03 bits per heavy atom. The van der Waals surface area contributed by atoms with Crippen molar-refractivity contribution in [3.8, 4) is 11.5 Å². The van der Waals surface area contributed by atoms with Crippen LogP contribution in [0, 0.1) is 0 Å². The second-order valence-corrected chi connectivity index (χ2v) is 8.36. The summed E-state index contributed by atoms with van der Waals surface area (Å²) in [7, 11) is 0. The molecular formula is C26H20N2O8. The SMILES string of the molecule is CC(=O)N1c2ccc(O)cc2C(=O)OC1c1ccc(C2OC(=O)c3cc(O)ccc3N2C(C)=O)cc1. The number of phenols is 2. The summed E-state index contributed by atoms with van der Waals surface area (Å²) in [6.07, 6.45) is -2.13. The Morgan fingerprint density at radius 1 is 0.667 bits per heavy atom. The van der Waals surface area contributed by atoms with E-state index in [1.165, 1.54) is 60.0 Å². The van der Waals surface area contributed by atoms with E-state index in [9.17, 15) is 29.4 Å². The molecule has 2 amide bonds. The largest absolute Gasteiger partial charge is 0.508 e. The zero-order chi connectivity index (χ0) is 25.7. The predicted octanol–water partition coefficient (Wildman–Crippen LogP) is 3.54. The van der Waals surface area contributed by atoms with E-state index < -0.39 is 24.4 Å². The summed E-state index contributed by atoms with van der Waals surface area (Å²) >= 11 is 0. The fourth-order valence-corrected chi connectivity index (χ4v) is 4.41. The monoisotopic (exact) mass is 488 g/mol. The van der Waals surface area contributed by atoms with E-state index in [-0.39, 0.29) is 34.4 Å². The lowest BCUT2D eigenvalue weighted by Gasteiger charge is -2.37. The molecule has 2 N–H and O–H groups in total. The molecule has 2 heterocycles. The molecule has 2 aliphatic heterocycles. The number of anilines is 2. The zero-order valence-electron chi connectivity index (χ0n) is 19.2. The molecule has 10 heteroatoms. The Balaban J connectivity index is 1.51. The molecule has 0 aliphatic carbocycles. The Morgan fingerprint density at radius 3 is 1.36 bits per heavy atom. The Labute approximate surface area is 204 Å². The average Bonchev–Trinajstić information content (AvgIpc) is 2.84. The van der Waals surface area contributed by atoms with Crippen LogP contribution >= 0.6 is 0 Å². The number of amides is 2. The first kappa shape index (κ1) is 22.9. The van der Waals surface area contributed by atoms with Crippen LogP contribution in [0.4, 0.5) is 11.4 Å². The van der Waals surface area contributed by atoms with Gasteiger partial charge in [-0.1, -0.05) is 24.3 Å². The standard InChI is InChI=1S/C26H20N2O8/c1-13(29)27-21-9-7-17(31)11-19(21)25(33)35-23(27)15-3-5-16(6-4-15)24-28(14(2)30)22-10-8-18(32)12-20(22)26(34)36-24/h3-12,23-24,31-32H,1-2H3. The van der Waals surface area contributed by atoms with Crippen LogP contribution in [0.15, 0.2) is 60.7 Å². The van der Waals surface area contributed by atoms with Crippen LogP contribution in [-0.2, 0) is 19.1 Å². The van der Waals surface area contributed by atoms with Gasteiger partial charge in [0.05, 0.1) is 22.5 Å². The number of rotatable bonds is 2. The van der Waals surface area contributed by atoms with Gasteiger partial charge in [-0.15, -0.1) is 0 Å². The first-order valence-electron chi connectivity index (χ1n) is 10.9. The summed E-state index contributed by atoms with van der Waals surface area (Å²) in [5.41, 5.74) is 1.65. The van der Waals surface area contributed by atoms with Crippen LogP contribution in [0.5, 0.6) is 11.5 Å². The number of hydrogen-bond donors (Lipinski definition) is 2. The Hall–Kier alpha value is -4.86. The number of carbonyl (C=O) groups is 4. The van der Waals surface area contributed by atoms with Crippen LogP contribution in [0.2, 0.25) is 0 Å². The fourth-order valence-electron chi connectivity index (χ4n) is 4.41. The van der Waals surface area contributed by atoms with Gasteiger partial charge < -0.3 is 19.7 Å². The second-order valence-electron chi connectivity index (χ2n) is 8.36. The quantitative estimate of drug-likeness (QED) is 0.523. The molecule has 0 bridgehead atoms. The molecule has 5 rings (SSSR count). The maximum atomic E-state index is 12.6. The van der Waals surface area contributed by atoms with Crippen molar-refractivity contribution in [3.63, 3.8) is 0 Å². The van der Waals surface area contributed by atoms with E-state index in [1.54, 1.807) is 24.3 Å². The van der Waals surface area contributed by atoms with Gasteiger partial charge >= 0.3 is 11.9 Å². The number of aromatic hydroxyl groups is 2. The smallest absolute Gasteiger partial charge is 0.342 e. The lowest BCUT2D eigenvalue weighted by Crippen LogP contribution is -2.41. The molecule has 182 valence electrons. The minimum atomic E-state index is -1.07. The number of ether oxygens (including phenoxy) is 2. The highest BCUT2D eigenvalue weighted by Gasteiger charge is 2.39. The van der Waals surface area contributed by atoms with Crippen molar-refractivity contribution in [2.75, 3.05) is 9.80 Å². The van der Waals surface area contributed by atoms with Crippen molar-refractivity contribution in [2.24, 2.45) is 0 Å². The van der Waals surface area contributed by atoms with Gasteiger partial charge in [0.2, 0.25) is 24.3 Å². The van der Waals surface area contributed by atoms with Crippen molar-refractivity contribution in [1.29, 1.82) is 0 Å². The highest BCUT2D eigenvalue weighted by molar-refractivity contribution is 6.06. The molecular weight excluding hydrogens is 468 g/mol. The van der Waals surface area contributed by atoms with Crippen LogP contribution < -0.4 is 9.80 Å². The highest BCUT2D eigenvalue weighted by atomic mass is 16.6. The first-order valence-corrected chi connectivity index (χ1v) is 10.9. The number of fused-ring (bicyclic) bond motifs is 2. The number of cyclic esters (lactones) is 2. The molecule has 0 aromatic heterocycles. The van der Waals surface area contributed by atoms with Gasteiger partial charge in [-0.2, -0.15) is 0 Å². The van der Waals surface area contributed by atoms with Gasteiger partial charge in [-0.3, -0.25) is 19.4 Å². The molecule has 0 spiro atoms.